The first-order valence-corrected chi connectivity index (χ1v) is 4.36. The van der Waals surface area contributed by atoms with Gasteiger partial charge in [-0.25, -0.2) is 0 Å². The highest BCUT2D eigenvalue weighted by molar-refractivity contribution is 6.54. The number of hydrazone groups is 1. The molecule has 1 rings (SSSR count). The molecule has 0 bridgehead atoms. The molecule has 0 atom stereocenters. The molecule has 0 aromatic heterocycles. The van der Waals surface area contributed by atoms with Crippen molar-refractivity contribution >= 4 is 35.5 Å². The molecule has 6 heteroatoms. The number of carbonyl (C=O) groups is 1. The Morgan fingerprint density at radius 1 is 1.40 bits per heavy atom. The van der Waals surface area contributed by atoms with E-state index in [1.54, 1.807) is 24.3 Å². The number of benzene rings is 1. The third kappa shape index (κ3) is 3.78. The summed E-state index contributed by atoms with van der Waals surface area (Å²) in [6, 6.07) is 6.76. The van der Waals surface area contributed by atoms with Gasteiger partial charge in [-0.05, 0) is 24.3 Å². The van der Waals surface area contributed by atoms with E-state index in [4.69, 9.17) is 16.8 Å². The van der Waals surface area contributed by atoms with E-state index < -0.39 is 0 Å². The maximum atomic E-state index is 10.4. The van der Waals surface area contributed by atoms with Crippen LogP contribution >= 0.6 is 11.6 Å². The van der Waals surface area contributed by atoms with Crippen LogP contribution in [0.3, 0.4) is 0 Å². The summed E-state index contributed by atoms with van der Waals surface area (Å²) in [5.41, 5.74) is 3.25. The number of hydrogen-bond donors (Lipinski definition) is 2. The van der Waals surface area contributed by atoms with Crippen LogP contribution in [0, 0.1) is 0 Å². The van der Waals surface area contributed by atoms with Crippen LogP contribution < -0.4 is 5.43 Å². The van der Waals surface area contributed by atoms with E-state index in [1.807, 2.05) is 0 Å². The molecule has 0 heterocycles. The number of anilines is 1. The molecular weight excluding hydrogens is 218 g/mol. The highest BCUT2D eigenvalue weighted by Crippen LogP contribution is 2.12. The zero-order chi connectivity index (χ0) is 11.1. The summed E-state index contributed by atoms with van der Waals surface area (Å²) in [7, 11) is 0. The molecule has 15 heavy (non-hydrogen) atoms. The Morgan fingerprint density at radius 3 is 2.60 bits per heavy atom. The van der Waals surface area contributed by atoms with Crippen LogP contribution in [0.2, 0.25) is 5.02 Å². The maximum absolute atomic E-state index is 10.4. The van der Waals surface area contributed by atoms with E-state index >= 15 is 0 Å². The third-order valence-corrected chi connectivity index (χ3v) is 1.72. The maximum Gasteiger partial charge on any atom is 0.171 e. The SMILES string of the molecule is O=CC(/C=N/O)=N\Nc1ccc(Cl)cc1. The summed E-state index contributed by atoms with van der Waals surface area (Å²) >= 11 is 5.68. The number of hydrogen-bond acceptors (Lipinski definition) is 5. The molecule has 0 saturated carbocycles. The van der Waals surface area contributed by atoms with Gasteiger partial charge in [-0.15, -0.1) is 0 Å². The van der Waals surface area contributed by atoms with Gasteiger partial charge in [0.15, 0.2) is 6.29 Å². The summed E-state index contributed by atoms with van der Waals surface area (Å²) in [5, 5.41) is 15.2. The lowest BCUT2D eigenvalue weighted by Crippen LogP contribution is -2.05. The van der Waals surface area contributed by atoms with Gasteiger partial charge in [0.2, 0.25) is 0 Å². The summed E-state index contributed by atoms with van der Waals surface area (Å²) in [5.74, 6) is 0. The Morgan fingerprint density at radius 2 is 2.07 bits per heavy atom. The zero-order valence-corrected chi connectivity index (χ0v) is 8.35. The fourth-order valence-corrected chi connectivity index (χ4v) is 0.924. The molecule has 0 aliphatic carbocycles. The van der Waals surface area contributed by atoms with Gasteiger partial charge < -0.3 is 5.21 Å². The molecule has 0 amide bonds. The molecule has 5 nitrogen and oxygen atoms in total. The van der Waals surface area contributed by atoms with Crippen molar-refractivity contribution in [1.29, 1.82) is 0 Å². The number of rotatable bonds is 4. The van der Waals surface area contributed by atoms with Gasteiger partial charge in [-0.3, -0.25) is 10.2 Å². The Kier molecular flexibility index (Phi) is 4.30. The second-order valence-corrected chi connectivity index (χ2v) is 2.95. The van der Waals surface area contributed by atoms with Crippen LogP contribution in [-0.4, -0.2) is 23.4 Å². The van der Waals surface area contributed by atoms with Crippen LogP contribution in [0.1, 0.15) is 0 Å². The lowest BCUT2D eigenvalue weighted by Gasteiger charge is -1.99. The van der Waals surface area contributed by atoms with E-state index in [2.05, 4.69) is 15.7 Å². The minimum absolute atomic E-state index is 0.0209. The molecule has 0 radical (unpaired) electrons. The van der Waals surface area contributed by atoms with Crippen molar-refractivity contribution in [3.8, 4) is 0 Å². The molecule has 0 spiro atoms. The first-order chi connectivity index (χ1) is 7.26. The number of oxime groups is 1. The molecule has 0 aliphatic rings. The second kappa shape index (κ2) is 5.77. The van der Waals surface area contributed by atoms with Crippen LogP contribution in [0.5, 0.6) is 0 Å². The van der Waals surface area contributed by atoms with E-state index in [-0.39, 0.29) is 5.71 Å². The van der Waals surface area contributed by atoms with E-state index in [0.717, 1.165) is 6.21 Å². The van der Waals surface area contributed by atoms with Crippen molar-refractivity contribution in [2.75, 3.05) is 5.43 Å². The smallest absolute Gasteiger partial charge is 0.171 e. The predicted octanol–water partition coefficient (Wildman–Crippen LogP) is 1.77. The zero-order valence-electron chi connectivity index (χ0n) is 7.59. The Bertz CT molecular complexity index is 387. The number of halogens is 1. The highest BCUT2D eigenvalue weighted by atomic mass is 35.5. The van der Waals surface area contributed by atoms with Crippen LogP contribution in [0.4, 0.5) is 5.69 Å². The number of carbonyl (C=O) groups excluding carboxylic acids is 1. The minimum Gasteiger partial charge on any atom is -0.411 e. The van der Waals surface area contributed by atoms with Gasteiger partial charge in [0.1, 0.15) is 5.71 Å². The lowest BCUT2D eigenvalue weighted by atomic mass is 10.3. The average Bonchev–Trinajstić information content (AvgIpc) is 2.26. The predicted molar refractivity (Wildman–Crippen MR) is 58.9 cm³/mol. The monoisotopic (exact) mass is 225 g/mol. The third-order valence-electron chi connectivity index (χ3n) is 1.47. The molecule has 0 saturated heterocycles. The summed E-state index contributed by atoms with van der Waals surface area (Å²) in [4.78, 5) is 10.4. The Balaban J connectivity index is 2.69. The highest BCUT2D eigenvalue weighted by Gasteiger charge is 1.93. The van der Waals surface area contributed by atoms with Gasteiger partial charge >= 0.3 is 0 Å². The van der Waals surface area contributed by atoms with Crippen molar-refractivity contribution in [3.63, 3.8) is 0 Å². The first-order valence-electron chi connectivity index (χ1n) is 3.98. The van der Waals surface area contributed by atoms with Crippen molar-refractivity contribution in [2.24, 2.45) is 10.3 Å². The van der Waals surface area contributed by atoms with Crippen LogP contribution in [0.25, 0.3) is 0 Å². The van der Waals surface area contributed by atoms with E-state index in [9.17, 15) is 4.79 Å². The topological polar surface area (TPSA) is 74.0 Å². The van der Waals surface area contributed by atoms with Gasteiger partial charge in [-0.2, -0.15) is 5.10 Å². The van der Waals surface area contributed by atoms with Gasteiger partial charge in [0.25, 0.3) is 0 Å². The number of nitrogens with one attached hydrogen (secondary N) is 1. The molecular formula is C9H8ClN3O2. The second-order valence-electron chi connectivity index (χ2n) is 2.52. The summed E-state index contributed by atoms with van der Waals surface area (Å²) in [6.45, 7) is 0. The van der Waals surface area contributed by atoms with Crippen molar-refractivity contribution in [2.45, 2.75) is 0 Å². The summed E-state index contributed by atoms with van der Waals surface area (Å²) < 4.78 is 0. The van der Waals surface area contributed by atoms with Crippen molar-refractivity contribution in [1.82, 2.24) is 0 Å². The fraction of sp³-hybridized carbons (Fsp3) is 0. The average molecular weight is 226 g/mol. The number of aldehydes is 1. The molecule has 1 aromatic carbocycles. The van der Waals surface area contributed by atoms with Gasteiger partial charge in [-0.1, -0.05) is 16.8 Å². The summed E-state index contributed by atoms with van der Waals surface area (Å²) in [6.07, 6.45) is 1.39. The van der Waals surface area contributed by atoms with Crippen molar-refractivity contribution < 1.29 is 10.0 Å². The quantitative estimate of drug-likeness (QED) is 0.355. The van der Waals surface area contributed by atoms with E-state index in [0.29, 0.717) is 17.0 Å². The number of nitrogens with zero attached hydrogens (tertiary/aromatic N) is 2. The molecule has 0 unspecified atom stereocenters. The Labute approximate surface area is 91.0 Å². The largest absolute Gasteiger partial charge is 0.411 e. The van der Waals surface area contributed by atoms with Crippen LogP contribution in [-0.2, 0) is 4.79 Å². The minimum atomic E-state index is -0.0209. The molecule has 78 valence electrons. The van der Waals surface area contributed by atoms with Crippen LogP contribution in [0.15, 0.2) is 34.5 Å². The van der Waals surface area contributed by atoms with Crippen molar-refractivity contribution in [3.05, 3.63) is 29.3 Å². The van der Waals surface area contributed by atoms with E-state index in [1.165, 1.54) is 0 Å². The van der Waals surface area contributed by atoms with Gasteiger partial charge in [0.05, 0.1) is 11.9 Å². The fourth-order valence-electron chi connectivity index (χ4n) is 0.798. The molecule has 0 aliphatic heterocycles. The lowest BCUT2D eigenvalue weighted by molar-refractivity contribution is -0.102. The normalized spacial score (nSPS) is 11.7. The Hall–Kier alpha value is -1.88. The molecule has 2 N–H and O–H groups in total. The molecule has 1 aromatic rings. The molecule has 0 fully saturated rings. The van der Waals surface area contributed by atoms with Gasteiger partial charge in [0, 0.05) is 5.02 Å². The standard InChI is InChI=1S/C9H8ClN3O2/c10-7-1-3-8(4-2-7)12-13-9(6-14)5-11-15/h1-6,12,15H/b11-5+,13-9-. The first kappa shape index (κ1) is 11.2.